The molecule has 0 spiro atoms. The summed E-state index contributed by atoms with van der Waals surface area (Å²) in [6, 6.07) is 7.29. The minimum absolute atomic E-state index is 0.0700. The summed E-state index contributed by atoms with van der Waals surface area (Å²) in [7, 11) is 1.58. The van der Waals surface area contributed by atoms with Crippen molar-refractivity contribution in [2.24, 2.45) is 0 Å². The number of rotatable bonds is 6. The van der Waals surface area contributed by atoms with Crippen LogP contribution in [-0.4, -0.2) is 37.9 Å². The molecule has 0 aromatic heterocycles. The van der Waals surface area contributed by atoms with Crippen LogP contribution in [0.5, 0.6) is 5.75 Å². The molecule has 0 aliphatic rings. The number of carbonyl (C=O) groups is 2. The lowest BCUT2D eigenvalue weighted by Gasteiger charge is -2.19. The zero-order chi connectivity index (χ0) is 17.3. The summed E-state index contributed by atoms with van der Waals surface area (Å²) in [4.78, 5) is 22.9. The van der Waals surface area contributed by atoms with Gasteiger partial charge in [0.15, 0.2) is 0 Å². The summed E-state index contributed by atoms with van der Waals surface area (Å²) in [6.07, 6.45) is 2.41. The van der Waals surface area contributed by atoms with Crippen LogP contribution in [0.4, 0.5) is 4.79 Å². The van der Waals surface area contributed by atoms with E-state index in [0.29, 0.717) is 5.75 Å². The van der Waals surface area contributed by atoms with Crippen molar-refractivity contribution in [2.45, 2.75) is 26.4 Å². The highest BCUT2D eigenvalue weighted by atomic mass is 16.6. The van der Waals surface area contributed by atoms with Gasteiger partial charge in [0.2, 0.25) is 0 Å². The third-order valence-corrected chi connectivity index (χ3v) is 2.52. The highest BCUT2D eigenvalue weighted by molar-refractivity contribution is 5.87. The monoisotopic (exact) mass is 321 g/mol. The summed E-state index contributed by atoms with van der Waals surface area (Å²) in [5.41, 5.74) is 0.272. The van der Waals surface area contributed by atoms with Crippen molar-refractivity contribution in [2.75, 3.05) is 20.3 Å². The fourth-order valence-corrected chi connectivity index (χ4v) is 1.58. The maximum Gasteiger partial charge on any atom is 0.407 e. The summed E-state index contributed by atoms with van der Waals surface area (Å²) >= 11 is 0. The summed E-state index contributed by atoms with van der Waals surface area (Å²) in [5, 5.41) is 2.50. The van der Waals surface area contributed by atoms with Crippen LogP contribution in [-0.2, 0) is 14.3 Å². The highest BCUT2D eigenvalue weighted by Gasteiger charge is 2.15. The molecule has 0 aliphatic heterocycles. The predicted molar refractivity (Wildman–Crippen MR) is 87.2 cm³/mol. The number of amides is 1. The van der Waals surface area contributed by atoms with Crippen LogP contribution in [0.3, 0.4) is 0 Å². The minimum Gasteiger partial charge on any atom is -0.497 e. The number of hydrogen-bond donors (Lipinski definition) is 1. The van der Waals surface area contributed by atoms with Gasteiger partial charge in [-0.3, -0.25) is 0 Å². The van der Waals surface area contributed by atoms with Crippen LogP contribution in [0.2, 0.25) is 0 Å². The molecular formula is C17H23NO5. The van der Waals surface area contributed by atoms with E-state index in [1.54, 1.807) is 40.0 Å². The minimum atomic E-state index is -0.555. The number of ether oxygens (including phenoxy) is 3. The summed E-state index contributed by atoms with van der Waals surface area (Å²) in [5.74, 6) is 0.223. The number of carbonyl (C=O) groups excluding carboxylic acids is 2. The normalized spacial score (nSPS) is 11.1. The zero-order valence-corrected chi connectivity index (χ0v) is 13.9. The Morgan fingerprint density at radius 1 is 1.26 bits per heavy atom. The van der Waals surface area contributed by atoms with E-state index in [1.807, 2.05) is 18.2 Å². The molecule has 0 saturated heterocycles. The molecule has 1 aromatic carbocycles. The molecule has 0 atom stereocenters. The van der Waals surface area contributed by atoms with E-state index in [2.05, 4.69) is 5.32 Å². The maximum atomic E-state index is 11.6. The Labute approximate surface area is 136 Å². The van der Waals surface area contributed by atoms with E-state index < -0.39 is 17.7 Å². The molecule has 0 unspecified atom stereocenters. The van der Waals surface area contributed by atoms with E-state index in [1.165, 1.54) is 6.08 Å². The Morgan fingerprint density at radius 2 is 2.00 bits per heavy atom. The molecule has 6 nitrogen and oxygen atoms in total. The van der Waals surface area contributed by atoms with Crippen LogP contribution in [0.15, 0.2) is 30.3 Å². The summed E-state index contributed by atoms with van der Waals surface area (Å²) in [6.45, 7) is 5.58. The molecule has 0 fully saturated rings. The molecule has 0 bridgehead atoms. The predicted octanol–water partition coefficient (Wildman–Crippen LogP) is 2.78. The van der Waals surface area contributed by atoms with Crippen molar-refractivity contribution < 1.29 is 23.8 Å². The van der Waals surface area contributed by atoms with E-state index >= 15 is 0 Å². The number of esters is 1. The second-order valence-corrected chi connectivity index (χ2v) is 5.71. The molecule has 0 saturated carbocycles. The van der Waals surface area contributed by atoms with Gasteiger partial charge in [-0.1, -0.05) is 12.1 Å². The van der Waals surface area contributed by atoms with Gasteiger partial charge in [-0.15, -0.1) is 0 Å². The van der Waals surface area contributed by atoms with Crippen LogP contribution in [0, 0.1) is 0 Å². The lowest BCUT2D eigenvalue weighted by molar-refractivity contribution is -0.137. The quantitative estimate of drug-likeness (QED) is 0.495. The largest absolute Gasteiger partial charge is 0.497 e. The fraction of sp³-hybridized carbons (Fsp3) is 0.412. The highest BCUT2D eigenvalue weighted by Crippen LogP contribution is 2.13. The molecule has 126 valence electrons. The van der Waals surface area contributed by atoms with Crippen LogP contribution in [0.25, 0.3) is 6.08 Å². The maximum absolute atomic E-state index is 11.6. The lowest BCUT2D eigenvalue weighted by atomic mass is 10.2. The van der Waals surface area contributed by atoms with Gasteiger partial charge in [-0.05, 0) is 44.5 Å². The van der Waals surface area contributed by atoms with Crippen molar-refractivity contribution in [1.29, 1.82) is 0 Å². The van der Waals surface area contributed by atoms with E-state index in [9.17, 15) is 9.59 Å². The molecule has 1 aromatic rings. The van der Waals surface area contributed by atoms with E-state index in [0.717, 1.165) is 5.56 Å². The van der Waals surface area contributed by atoms with Crippen molar-refractivity contribution in [3.05, 3.63) is 35.9 Å². The van der Waals surface area contributed by atoms with Gasteiger partial charge in [0.05, 0.1) is 13.7 Å². The number of hydrogen-bond acceptors (Lipinski definition) is 5. The molecule has 1 N–H and O–H groups in total. The molecule has 23 heavy (non-hydrogen) atoms. The van der Waals surface area contributed by atoms with Crippen molar-refractivity contribution in [1.82, 2.24) is 5.32 Å². The van der Waals surface area contributed by atoms with Gasteiger partial charge < -0.3 is 19.5 Å². The van der Waals surface area contributed by atoms with Gasteiger partial charge in [-0.25, -0.2) is 9.59 Å². The van der Waals surface area contributed by atoms with Gasteiger partial charge in [0.1, 0.15) is 18.0 Å². The average Bonchev–Trinajstić information content (AvgIpc) is 2.48. The number of alkyl carbamates (subject to hydrolysis) is 1. The van der Waals surface area contributed by atoms with Crippen LogP contribution in [0.1, 0.15) is 26.3 Å². The Balaban J connectivity index is 2.29. The Hall–Kier alpha value is -2.50. The molecule has 0 radical (unpaired) electrons. The van der Waals surface area contributed by atoms with Gasteiger partial charge in [0, 0.05) is 6.08 Å². The molecule has 0 aliphatic carbocycles. The Kier molecular flexibility index (Phi) is 7.12. The smallest absolute Gasteiger partial charge is 0.407 e. The first kappa shape index (κ1) is 18.5. The first-order chi connectivity index (χ1) is 10.8. The van der Waals surface area contributed by atoms with Crippen molar-refractivity contribution >= 4 is 18.1 Å². The zero-order valence-electron chi connectivity index (χ0n) is 13.9. The van der Waals surface area contributed by atoms with Crippen molar-refractivity contribution in [3.8, 4) is 5.75 Å². The number of benzene rings is 1. The second-order valence-electron chi connectivity index (χ2n) is 5.71. The van der Waals surface area contributed by atoms with Gasteiger partial charge >= 0.3 is 12.1 Å². The molecular weight excluding hydrogens is 298 g/mol. The number of methoxy groups -OCH3 is 1. The van der Waals surface area contributed by atoms with E-state index in [-0.39, 0.29) is 13.2 Å². The summed E-state index contributed by atoms with van der Waals surface area (Å²) < 4.78 is 15.1. The van der Waals surface area contributed by atoms with E-state index in [4.69, 9.17) is 14.2 Å². The number of nitrogens with one attached hydrogen (secondary N) is 1. The standard InChI is InChI=1S/C17H23NO5/c1-17(2,3)23-16(20)18-10-11-22-15(19)9-8-13-6-5-7-14(12-13)21-4/h5-9,12H,10-11H2,1-4H3,(H,18,20)/b9-8+. The molecule has 1 amide bonds. The fourth-order valence-electron chi connectivity index (χ4n) is 1.58. The van der Waals surface area contributed by atoms with Crippen molar-refractivity contribution in [3.63, 3.8) is 0 Å². The Bertz CT molecular complexity index is 560. The Morgan fingerprint density at radius 3 is 2.65 bits per heavy atom. The second kappa shape index (κ2) is 8.82. The topological polar surface area (TPSA) is 73.9 Å². The van der Waals surface area contributed by atoms with Gasteiger partial charge in [-0.2, -0.15) is 0 Å². The third-order valence-electron chi connectivity index (χ3n) is 2.52. The van der Waals surface area contributed by atoms with Crippen LogP contribution >= 0.6 is 0 Å². The van der Waals surface area contributed by atoms with Crippen LogP contribution < -0.4 is 10.1 Å². The molecule has 0 heterocycles. The first-order valence-electron chi connectivity index (χ1n) is 7.26. The molecule has 1 rings (SSSR count). The SMILES string of the molecule is COc1cccc(/C=C/C(=O)OCCNC(=O)OC(C)(C)C)c1. The van der Waals surface area contributed by atoms with Gasteiger partial charge in [0.25, 0.3) is 0 Å². The first-order valence-corrected chi connectivity index (χ1v) is 7.26. The molecule has 6 heteroatoms. The third kappa shape index (κ3) is 8.50. The lowest BCUT2D eigenvalue weighted by Crippen LogP contribution is -2.34. The average molecular weight is 321 g/mol.